The van der Waals surface area contributed by atoms with Gasteiger partial charge in [0.1, 0.15) is 0 Å². The first-order valence-corrected chi connectivity index (χ1v) is 7.78. The maximum Gasteiger partial charge on any atom is 0.0672 e. The molecule has 0 radical (unpaired) electrons. The molecule has 112 valence electrons. The average Bonchev–Trinajstić information content (AvgIpc) is 2.43. The highest BCUT2D eigenvalue weighted by Crippen LogP contribution is 2.23. The Morgan fingerprint density at radius 2 is 2.05 bits per heavy atom. The third-order valence-electron chi connectivity index (χ3n) is 4.43. The van der Waals surface area contributed by atoms with Crippen molar-refractivity contribution in [1.82, 2.24) is 10.2 Å². The lowest BCUT2D eigenvalue weighted by molar-refractivity contribution is 0.0405. The van der Waals surface area contributed by atoms with Crippen molar-refractivity contribution < 1.29 is 4.74 Å². The topological polar surface area (TPSA) is 24.5 Å². The molecule has 3 nitrogen and oxygen atoms in total. The molecule has 0 spiro atoms. The minimum Gasteiger partial charge on any atom is -0.376 e. The second-order valence-electron chi connectivity index (χ2n) is 5.91. The third kappa shape index (κ3) is 4.90. The molecule has 1 heterocycles. The van der Waals surface area contributed by atoms with Gasteiger partial charge in [-0.3, -0.25) is 4.90 Å². The molecule has 1 N–H and O–H groups in total. The molecule has 19 heavy (non-hydrogen) atoms. The predicted octanol–water partition coefficient (Wildman–Crippen LogP) is 2.82. The maximum atomic E-state index is 5.66. The zero-order valence-corrected chi connectivity index (χ0v) is 13.3. The van der Waals surface area contributed by atoms with Crippen molar-refractivity contribution in [1.29, 1.82) is 0 Å². The third-order valence-corrected chi connectivity index (χ3v) is 4.43. The van der Waals surface area contributed by atoms with Crippen molar-refractivity contribution in [3.8, 4) is 0 Å². The van der Waals surface area contributed by atoms with Gasteiger partial charge in [0.15, 0.2) is 0 Å². The average molecular weight is 268 g/mol. The number of rotatable bonds is 8. The van der Waals surface area contributed by atoms with E-state index >= 15 is 0 Å². The van der Waals surface area contributed by atoms with Crippen molar-refractivity contribution in [3.05, 3.63) is 12.2 Å². The minimum absolute atomic E-state index is 0.306. The van der Waals surface area contributed by atoms with Crippen LogP contribution in [-0.2, 0) is 4.74 Å². The first-order chi connectivity index (χ1) is 9.06. The van der Waals surface area contributed by atoms with Gasteiger partial charge in [0, 0.05) is 31.2 Å². The van der Waals surface area contributed by atoms with Crippen molar-refractivity contribution in [2.24, 2.45) is 0 Å². The fourth-order valence-electron chi connectivity index (χ4n) is 2.85. The molecule has 3 heteroatoms. The number of nitrogens with one attached hydrogen (secondary N) is 1. The van der Waals surface area contributed by atoms with Crippen molar-refractivity contribution >= 4 is 0 Å². The first kappa shape index (κ1) is 16.7. The van der Waals surface area contributed by atoms with E-state index in [2.05, 4.69) is 37.6 Å². The van der Waals surface area contributed by atoms with Gasteiger partial charge in [0.2, 0.25) is 0 Å². The minimum atomic E-state index is 0.306. The smallest absolute Gasteiger partial charge is 0.0672 e. The molecule has 0 aromatic carbocycles. The van der Waals surface area contributed by atoms with E-state index in [1.165, 1.54) is 19.3 Å². The molecule has 1 atom stereocenters. The van der Waals surface area contributed by atoms with Crippen LogP contribution in [0.5, 0.6) is 0 Å². The van der Waals surface area contributed by atoms with Gasteiger partial charge in [-0.15, -0.1) is 0 Å². The number of ether oxygens (including phenoxy) is 1. The molecule has 0 aromatic rings. The normalized spacial score (nSPS) is 23.5. The summed E-state index contributed by atoms with van der Waals surface area (Å²) in [5, 5.41) is 3.77. The first-order valence-electron chi connectivity index (χ1n) is 7.78. The van der Waals surface area contributed by atoms with Gasteiger partial charge < -0.3 is 10.1 Å². The second kappa shape index (κ2) is 8.03. The molecule has 1 rings (SSSR count). The summed E-state index contributed by atoms with van der Waals surface area (Å²) in [6.45, 7) is 17.5. The fourth-order valence-corrected chi connectivity index (χ4v) is 2.85. The van der Waals surface area contributed by atoms with E-state index in [9.17, 15) is 0 Å². The Labute approximate surface area is 119 Å². The van der Waals surface area contributed by atoms with E-state index in [1.54, 1.807) is 0 Å². The summed E-state index contributed by atoms with van der Waals surface area (Å²) in [4.78, 5) is 2.61. The predicted molar refractivity (Wildman–Crippen MR) is 82.6 cm³/mol. The highest BCUT2D eigenvalue weighted by atomic mass is 16.5. The fraction of sp³-hybridized carbons (Fsp3) is 0.875. The maximum absolute atomic E-state index is 5.66. The second-order valence-corrected chi connectivity index (χ2v) is 5.91. The Hall–Kier alpha value is -0.380. The summed E-state index contributed by atoms with van der Waals surface area (Å²) in [7, 11) is 0. The van der Waals surface area contributed by atoms with E-state index in [-0.39, 0.29) is 0 Å². The van der Waals surface area contributed by atoms with E-state index in [0.29, 0.717) is 18.2 Å². The summed E-state index contributed by atoms with van der Waals surface area (Å²) in [6.07, 6.45) is 3.60. The summed E-state index contributed by atoms with van der Waals surface area (Å²) in [5.74, 6) is 0. The molecule has 1 fully saturated rings. The monoisotopic (exact) mass is 268 g/mol. The lowest BCUT2D eigenvalue weighted by atomic mass is 9.88. The van der Waals surface area contributed by atoms with Crippen molar-refractivity contribution in [2.45, 2.75) is 58.5 Å². The van der Waals surface area contributed by atoms with Crippen LogP contribution in [0.3, 0.4) is 0 Å². The van der Waals surface area contributed by atoms with Gasteiger partial charge in [-0.2, -0.15) is 0 Å². The molecular formula is C16H32N2O. The van der Waals surface area contributed by atoms with Crippen LogP contribution in [-0.4, -0.2) is 49.3 Å². The molecule has 0 saturated carbocycles. The highest BCUT2D eigenvalue weighted by molar-refractivity contribution is 4.96. The Morgan fingerprint density at radius 3 is 2.58 bits per heavy atom. The van der Waals surface area contributed by atoms with Crippen LogP contribution in [0.4, 0.5) is 0 Å². The molecule has 1 aliphatic heterocycles. The van der Waals surface area contributed by atoms with Crippen molar-refractivity contribution in [3.63, 3.8) is 0 Å². The number of piperazine rings is 1. The summed E-state index contributed by atoms with van der Waals surface area (Å²) in [5.41, 5.74) is 1.41. The Morgan fingerprint density at radius 1 is 1.37 bits per heavy atom. The van der Waals surface area contributed by atoms with Gasteiger partial charge in [0.05, 0.1) is 13.2 Å². The van der Waals surface area contributed by atoms with Crippen LogP contribution in [0, 0.1) is 0 Å². The number of nitrogens with zero attached hydrogens (tertiary/aromatic N) is 1. The van der Waals surface area contributed by atoms with Crippen LogP contribution in [0.15, 0.2) is 12.2 Å². The highest BCUT2D eigenvalue weighted by Gasteiger charge is 2.35. The molecule has 0 aromatic heterocycles. The van der Waals surface area contributed by atoms with Gasteiger partial charge >= 0.3 is 0 Å². The van der Waals surface area contributed by atoms with Gasteiger partial charge in [-0.25, -0.2) is 0 Å². The van der Waals surface area contributed by atoms with E-state index in [0.717, 1.165) is 31.8 Å². The summed E-state index contributed by atoms with van der Waals surface area (Å²) in [6, 6.07) is 0.652. The molecule has 1 unspecified atom stereocenters. The van der Waals surface area contributed by atoms with Crippen LogP contribution in [0.2, 0.25) is 0 Å². The molecule has 0 aliphatic carbocycles. The van der Waals surface area contributed by atoms with Crippen LogP contribution in [0.1, 0.15) is 47.0 Å². The van der Waals surface area contributed by atoms with Gasteiger partial charge in [-0.05, 0) is 26.2 Å². The van der Waals surface area contributed by atoms with Crippen molar-refractivity contribution in [2.75, 3.05) is 32.8 Å². The molecular weight excluding hydrogens is 236 g/mol. The zero-order valence-electron chi connectivity index (χ0n) is 13.3. The van der Waals surface area contributed by atoms with Gasteiger partial charge in [0.25, 0.3) is 0 Å². The molecule has 0 bridgehead atoms. The van der Waals surface area contributed by atoms with E-state index < -0.39 is 0 Å². The number of hydrogen-bond acceptors (Lipinski definition) is 3. The Bertz CT molecular complexity index is 274. The number of hydrogen-bond donors (Lipinski definition) is 1. The Balaban J connectivity index is 2.48. The van der Waals surface area contributed by atoms with Crippen LogP contribution >= 0.6 is 0 Å². The quantitative estimate of drug-likeness (QED) is 0.541. The summed E-state index contributed by atoms with van der Waals surface area (Å²) >= 11 is 0. The van der Waals surface area contributed by atoms with E-state index in [1.807, 2.05) is 6.92 Å². The summed E-state index contributed by atoms with van der Waals surface area (Å²) < 4.78 is 5.66. The lowest BCUT2D eigenvalue weighted by Crippen LogP contribution is -2.64. The van der Waals surface area contributed by atoms with Gasteiger partial charge in [-0.1, -0.05) is 32.9 Å². The molecule has 1 aliphatic rings. The lowest BCUT2D eigenvalue weighted by Gasteiger charge is -2.47. The zero-order chi connectivity index (χ0) is 14.3. The molecule has 1 saturated heterocycles. The van der Waals surface area contributed by atoms with Crippen LogP contribution < -0.4 is 5.32 Å². The van der Waals surface area contributed by atoms with E-state index in [4.69, 9.17) is 4.74 Å². The standard InChI is InChI=1S/C16H32N2O/c1-6-15-11-17-16(7-2,8-3)13-18(15)9-10-19-12-14(4)5/h15,17H,4,6-13H2,1-3,5H3. The largest absolute Gasteiger partial charge is 0.376 e. The molecule has 0 amide bonds. The van der Waals surface area contributed by atoms with Crippen LogP contribution in [0.25, 0.3) is 0 Å². The SMILES string of the molecule is C=C(C)COCCN1CC(CC)(CC)NCC1CC. The Kier molecular flexibility index (Phi) is 7.05.